The lowest BCUT2D eigenvalue weighted by molar-refractivity contribution is -0.192. The first kappa shape index (κ1) is 24.4. The first-order valence-corrected chi connectivity index (χ1v) is 10.4. The summed E-state index contributed by atoms with van der Waals surface area (Å²) < 4.78 is 52.9. The van der Waals surface area contributed by atoms with Crippen molar-refractivity contribution in [1.29, 1.82) is 0 Å². The predicted octanol–water partition coefficient (Wildman–Crippen LogP) is 4.28. The van der Waals surface area contributed by atoms with Crippen LogP contribution >= 0.6 is 0 Å². The van der Waals surface area contributed by atoms with E-state index >= 15 is 0 Å². The van der Waals surface area contributed by atoms with E-state index in [-0.39, 0.29) is 6.42 Å². The molecule has 1 aromatic heterocycles. The van der Waals surface area contributed by atoms with E-state index in [4.69, 9.17) is 14.3 Å². The van der Waals surface area contributed by atoms with Crippen LogP contribution < -0.4 is 9.64 Å². The Labute approximate surface area is 189 Å². The first-order valence-electron chi connectivity index (χ1n) is 10.4. The van der Waals surface area contributed by atoms with Crippen LogP contribution in [0.1, 0.15) is 23.4 Å². The van der Waals surface area contributed by atoms with E-state index in [1.54, 1.807) is 24.3 Å². The topological polar surface area (TPSA) is 85.0 Å². The van der Waals surface area contributed by atoms with Gasteiger partial charge in [-0.2, -0.15) is 18.2 Å². The molecule has 0 fully saturated rings. The fraction of sp³-hybridized carbons (Fsp3) is 0.391. The number of rotatable bonds is 10. The van der Waals surface area contributed by atoms with Crippen molar-refractivity contribution in [2.24, 2.45) is 0 Å². The average molecular weight is 466 g/mol. The number of alkyl halides is 3. The van der Waals surface area contributed by atoms with Crippen molar-refractivity contribution in [2.45, 2.75) is 31.5 Å². The minimum Gasteiger partial charge on any atom is -0.492 e. The molecule has 3 rings (SSSR count). The molecular weight excluding hydrogens is 441 g/mol. The fourth-order valence-electron chi connectivity index (χ4n) is 3.08. The number of hydrogen-bond donors (Lipinski definition) is 1. The lowest BCUT2D eigenvalue weighted by atomic mass is 10.1. The molecule has 7 nitrogen and oxygen atoms in total. The molecule has 1 N–H and O–H groups in total. The molecule has 33 heavy (non-hydrogen) atoms. The van der Waals surface area contributed by atoms with Crippen molar-refractivity contribution in [3.63, 3.8) is 0 Å². The summed E-state index contributed by atoms with van der Waals surface area (Å²) >= 11 is 0. The van der Waals surface area contributed by atoms with Crippen molar-refractivity contribution in [3.05, 3.63) is 59.5 Å². The lowest BCUT2D eigenvalue weighted by Crippen LogP contribution is -2.31. The third-order valence-corrected chi connectivity index (χ3v) is 4.83. The summed E-state index contributed by atoms with van der Waals surface area (Å²) in [5.74, 6) is -0.159. The smallest absolute Gasteiger partial charge is 0.411 e. The number of carboxylic acids is 1. The zero-order valence-corrected chi connectivity index (χ0v) is 18.0. The van der Waals surface area contributed by atoms with Gasteiger partial charge in [0.1, 0.15) is 19.0 Å². The Morgan fingerprint density at radius 3 is 2.70 bits per heavy atom. The Hall–Kier alpha value is -3.27. The second kappa shape index (κ2) is 11.0. The van der Waals surface area contributed by atoms with Crippen LogP contribution in [0.25, 0.3) is 6.08 Å². The van der Waals surface area contributed by atoms with Crippen LogP contribution in [0, 0.1) is 0 Å². The molecule has 0 saturated carbocycles. The normalized spacial score (nSPS) is 15.3. The third kappa shape index (κ3) is 7.67. The van der Waals surface area contributed by atoms with Gasteiger partial charge < -0.3 is 23.9 Å². The Balaban J connectivity index is 1.49. The molecule has 1 aromatic carbocycles. The molecule has 0 amide bonds. The van der Waals surface area contributed by atoms with Crippen molar-refractivity contribution >= 4 is 18.1 Å². The van der Waals surface area contributed by atoms with Gasteiger partial charge in [0, 0.05) is 19.9 Å². The zero-order chi connectivity index (χ0) is 23.8. The fourth-order valence-corrected chi connectivity index (χ4v) is 3.08. The van der Waals surface area contributed by atoms with E-state index in [1.807, 2.05) is 24.1 Å². The summed E-state index contributed by atoms with van der Waals surface area (Å²) in [5, 5.41) is 9.09. The van der Waals surface area contributed by atoms with E-state index in [0.29, 0.717) is 36.9 Å². The van der Waals surface area contributed by atoms with Crippen molar-refractivity contribution < 1.29 is 37.0 Å². The summed E-state index contributed by atoms with van der Waals surface area (Å²) in [6.07, 6.45) is 3.28. The van der Waals surface area contributed by atoms with E-state index in [9.17, 15) is 18.0 Å². The van der Waals surface area contributed by atoms with Gasteiger partial charge in [0.15, 0.2) is 11.9 Å². The highest BCUT2D eigenvalue weighted by Crippen LogP contribution is 2.22. The number of anilines is 1. The Morgan fingerprint density at radius 2 is 2.00 bits per heavy atom. The Morgan fingerprint density at radius 1 is 1.24 bits per heavy atom. The number of carboxylic acid groups (broad SMARTS) is 1. The molecule has 1 aliphatic rings. The van der Waals surface area contributed by atoms with Crippen LogP contribution in [0.5, 0.6) is 5.75 Å². The van der Waals surface area contributed by atoms with Crippen LogP contribution in [0.4, 0.5) is 19.2 Å². The molecule has 0 radical (unpaired) electrons. The van der Waals surface area contributed by atoms with Crippen LogP contribution in [0.2, 0.25) is 0 Å². The number of carbonyl (C=O) groups is 1. The second-order valence-electron chi connectivity index (χ2n) is 7.49. The highest BCUT2D eigenvalue weighted by molar-refractivity contribution is 5.72. The summed E-state index contributed by atoms with van der Waals surface area (Å²) in [7, 11) is 1.85. The predicted molar refractivity (Wildman–Crippen MR) is 115 cm³/mol. The monoisotopic (exact) mass is 466 g/mol. The minimum atomic E-state index is -4.59. The first-order chi connectivity index (χ1) is 15.7. The highest BCUT2D eigenvalue weighted by Gasteiger charge is 2.31. The number of benzene rings is 1. The van der Waals surface area contributed by atoms with Crippen molar-refractivity contribution in [3.8, 4) is 5.75 Å². The van der Waals surface area contributed by atoms with Crippen LogP contribution in [-0.2, 0) is 22.4 Å². The van der Waals surface area contributed by atoms with Gasteiger partial charge in [-0.1, -0.05) is 30.4 Å². The quantitative estimate of drug-likeness (QED) is 0.523. The van der Waals surface area contributed by atoms with E-state index in [0.717, 1.165) is 17.9 Å². The summed E-state index contributed by atoms with van der Waals surface area (Å²) in [5.41, 5.74) is 1.40. The van der Waals surface area contributed by atoms with Crippen LogP contribution in [0.15, 0.2) is 46.9 Å². The van der Waals surface area contributed by atoms with Gasteiger partial charge in [-0.15, -0.1) is 0 Å². The molecule has 178 valence electrons. The third-order valence-electron chi connectivity index (χ3n) is 4.83. The lowest BCUT2D eigenvalue weighted by Gasteiger charge is -2.16. The number of halogens is 3. The Kier molecular flexibility index (Phi) is 8.16. The summed E-state index contributed by atoms with van der Waals surface area (Å²) in [4.78, 5) is 17.5. The summed E-state index contributed by atoms with van der Waals surface area (Å²) in [6.45, 7) is -0.767. The maximum atomic E-state index is 12.3. The number of aliphatic carboxylic acids is 1. The molecule has 1 atom stereocenters. The van der Waals surface area contributed by atoms with E-state index in [2.05, 4.69) is 21.9 Å². The van der Waals surface area contributed by atoms with Gasteiger partial charge in [-0.05, 0) is 30.2 Å². The molecule has 0 saturated heterocycles. The van der Waals surface area contributed by atoms with E-state index in [1.165, 1.54) is 0 Å². The van der Waals surface area contributed by atoms with Crippen LogP contribution in [-0.4, -0.2) is 55.1 Å². The van der Waals surface area contributed by atoms with Gasteiger partial charge in [0.2, 0.25) is 0 Å². The molecular formula is C23H25F3N2O5. The SMILES string of the molecule is CN(CCOc1ccc(CC(OCC(F)(F)F)C(=O)O)cc1)c1nc2c(o1)C=CC/C=C\C2. The molecule has 10 heteroatoms. The number of aromatic nitrogens is 1. The molecule has 0 bridgehead atoms. The number of likely N-dealkylation sites (N-methyl/N-ethyl adjacent to an activating group) is 1. The molecule has 0 aliphatic heterocycles. The van der Waals surface area contributed by atoms with Gasteiger partial charge in [0.05, 0.1) is 12.2 Å². The van der Waals surface area contributed by atoms with Crippen molar-refractivity contribution in [2.75, 3.05) is 31.7 Å². The number of allylic oxidation sites excluding steroid dienone is 3. The number of hydrogen-bond acceptors (Lipinski definition) is 6. The van der Waals surface area contributed by atoms with Crippen LogP contribution in [0.3, 0.4) is 0 Å². The molecule has 0 spiro atoms. The van der Waals surface area contributed by atoms with Gasteiger partial charge in [0.25, 0.3) is 6.01 Å². The molecule has 1 heterocycles. The standard InChI is InChI=1S/C23H25F3N2O5/c1-28(22-27-18-6-4-2-3-5-7-19(18)33-22)12-13-31-17-10-8-16(9-11-17)14-20(21(29)30)32-15-23(24,25)26/h2,4-5,7-11,20H,3,6,12-15H2,1H3,(H,29,30)/b4-2-,7-5?. The summed E-state index contributed by atoms with van der Waals surface area (Å²) in [6, 6.07) is 6.95. The molecule has 1 aliphatic carbocycles. The zero-order valence-electron chi connectivity index (χ0n) is 18.0. The number of fused-ring (bicyclic) bond motifs is 1. The number of nitrogens with zero attached hydrogens (tertiary/aromatic N) is 2. The molecule has 2 aromatic rings. The number of oxazole rings is 1. The molecule has 1 unspecified atom stereocenters. The van der Waals surface area contributed by atoms with Gasteiger partial charge in [-0.3, -0.25) is 0 Å². The minimum absolute atomic E-state index is 0.188. The maximum Gasteiger partial charge on any atom is 0.411 e. The Bertz CT molecular complexity index is 983. The average Bonchev–Trinajstić information content (AvgIpc) is 3.13. The van der Waals surface area contributed by atoms with Gasteiger partial charge >= 0.3 is 12.1 Å². The van der Waals surface area contributed by atoms with Gasteiger partial charge in [-0.25, -0.2) is 4.79 Å². The number of ether oxygens (including phenoxy) is 2. The maximum absolute atomic E-state index is 12.3. The largest absolute Gasteiger partial charge is 0.492 e. The van der Waals surface area contributed by atoms with E-state index < -0.39 is 24.9 Å². The van der Waals surface area contributed by atoms with Crippen molar-refractivity contribution in [1.82, 2.24) is 4.98 Å². The highest BCUT2D eigenvalue weighted by atomic mass is 19.4. The second-order valence-corrected chi connectivity index (χ2v) is 7.49.